The smallest absolute Gasteiger partial charge is 0.232 e. The molecule has 1 saturated carbocycles. The van der Waals surface area contributed by atoms with Gasteiger partial charge in [0.15, 0.2) is 0 Å². The number of carbonyl (C=O) groups excluding carboxylic acids is 1. The van der Waals surface area contributed by atoms with Crippen molar-refractivity contribution in [2.24, 2.45) is 0 Å². The Morgan fingerprint density at radius 1 is 1.21 bits per heavy atom. The Balaban J connectivity index is 1.20. The lowest BCUT2D eigenvalue weighted by atomic mass is 9.89. The molecule has 6 rings (SSSR count). The van der Waals surface area contributed by atoms with E-state index in [4.69, 9.17) is 10.00 Å². The summed E-state index contributed by atoms with van der Waals surface area (Å²) in [5, 5.41) is 15.2. The van der Waals surface area contributed by atoms with Crippen molar-refractivity contribution in [1.29, 1.82) is 5.26 Å². The van der Waals surface area contributed by atoms with E-state index in [0.717, 1.165) is 24.3 Å². The Morgan fingerprint density at radius 3 is 2.85 bits per heavy atom. The number of nitriles is 1. The first-order valence-corrected chi connectivity index (χ1v) is 10.6. The van der Waals surface area contributed by atoms with Crippen molar-refractivity contribution in [3.63, 3.8) is 0 Å². The van der Waals surface area contributed by atoms with Crippen molar-refractivity contribution in [3.05, 3.63) is 60.6 Å². The Labute approximate surface area is 188 Å². The minimum Gasteiger partial charge on any atom is -0.474 e. The van der Waals surface area contributed by atoms with Crippen LogP contribution in [-0.2, 0) is 11.2 Å². The second-order valence-electron chi connectivity index (χ2n) is 8.11. The predicted octanol–water partition coefficient (Wildman–Crippen LogP) is 2.57. The lowest BCUT2D eigenvalue weighted by Crippen LogP contribution is -2.42. The maximum atomic E-state index is 11.8. The van der Waals surface area contributed by atoms with Crippen molar-refractivity contribution < 1.29 is 9.53 Å². The largest absolute Gasteiger partial charge is 0.474 e. The van der Waals surface area contributed by atoms with E-state index in [0.29, 0.717) is 28.4 Å². The van der Waals surface area contributed by atoms with E-state index in [1.54, 1.807) is 12.4 Å². The maximum Gasteiger partial charge on any atom is 0.232 e. The number of amides is 1. The van der Waals surface area contributed by atoms with E-state index >= 15 is 0 Å². The number of imidazole rings is 1. The first-order chi connectivity index (χ1) is 16.1. The Bertz CT molecular complexity index is 1380. The highest BCUT2D eigenvalue weighted by atomic mass is 16.5. The van der Waals surface area contributed by atoms with Gasteiger partial charge >= 0.3 is 0 Å². The van der Waals surface area contributed by atoms with Crippen molar-refractivity contribution in [2.45, 2.75) is 31.4 Å². The number of nitrogens with zero attached hydrogens (tertiary/aromatic N) is 6. The Hall–Kier alpha value is -4.52. The van der Waals surface area contributed by atoms with Crippen molar-refractivity contribution in [3.8, 4) is 23.1 Å². The second-order valence-corrected chi connectivity index (χ2v) is 8.11. The summed E-state index contributed by atoms with van der Waals surface area (Å²) in [6.45, 7) is 0. The third-order valence-corrected chi connectivity index (χ3v) is 5.82. The number of pyridine rings is 2. The zero-order valence-electron chi connectivity index (χ0n) is 17.4. The van der Waals surface area contributed by atoms with E-state index in [1.807, 2.05) is 47.1 Å². The standard InChI is InChI=1S/C23H18N8O2/c24-9-19-25-10-13(11-26-19)16-7-17-18(8-22(32)28-17)29-23(16)33-15-5-14(6-15)27-20-12-31-4-2-1-3-21(31)30-20/h1-4,7,10-12,14-15,27H,5-6,8H2,(H,28,32). The number of nitrogens with one attached hydrogen (secondary N) is 2. The molecule has 1 amide bonds. The van der Waals surface area contributed by atoms with Crippen LogP contribution < -0.4 is 15.4 Å². The second kappa shape index (κ2) is 7.56. The van der Waals surface area contributed by atoms with Crippen LogP contribution in [0.25, 0.3) is 16.8 Å². The molecular formula is C23H18N8O2. The first kappa shape index (κ1) is 19.2. The van der Waals surface area contributed by atoms with Gasteiger partial charge in [-0.25, -0.2) is 19.9 Å². The number of hydrogen-bond acceptors (Lipinski definition) is 8. The van der Waals surface area contributed by atoms with Crippen LogP contribution in [-0.4, -0.2) is 42.4 Å². The molecule has 0 atom stereocenters. The molecule has 1 aliphatic carbocycles. The van der Waals surface area contributed by atoms with Gasteiger partial charge in [-0.1, -0.05) is 6.07 Å². The Morgan fingerprint density at radius 2 is 2.06 bits per heavy atom. The molecule has 0 radical (unpaired) electrons. The molecule has 162 valence electrons. The topological polar surface area (TPSA) is 130 Å². The van der Waals surface area contributed by atoms with Crippen LogP contribution in [0.2, 0.25) is 0 Å². The molecular weight excluding hydrogens is 420 g/mol. The molecule has 4 aromatic heterocycles. The number of carbonyl (C=O) groups is 1. The molecule has 2 N–H and O–H groups in total. The SMILES string of the molecule is N#Cc1ncc(-c2cc3c(nc2OC2CC(Nc4cn5ccccc5n4)C2)CC(=O)N3)cn1. The molecule has 0 spiro atoms. The van der Waals surface area contributed by atoms with Gasteiger partial charge in [-0.3, -0.25) is 4.79 Å². The van der Waals surface area contributed by atoms with Crippen LogP contribution in [0.5, 0.6) is 5.88 Å². The molecule has 1 aliphatic heterocycles. The van der Waals surface area contributed by atoms with Crippen LogP contribution >= 0.6 is 0 Å². The normalized spacial score (nSPS) is 18.8. The molecule has 10 heteroatoms. The van der Waals surface area contributed by atoms with Gasteiger partial charge in [0.05, 0.1) is 24.0 Å². The van der Waals surface area contributed by atoms with Crippen molar-refractivity contribution >= 4 is 23.1 Å². The summed E-state index contributed by atoms with van der Waals surface area (Å²) in [5.74, 6) is 1.26. The van der Waals surface area contributed by atoms with Crippen molar-refractivity contribution in [1.82, 2.24) is 24.3 Å². The van der Waals surface area contributed by atoms with E-state index in [-0.39, 0.29) is 30.3 Å². The molecule has 10 nitrogen and oxygen atoms in total. The third kappa shape index (κ3) is 3.59. The number of ether oxygens (including phenoxy) is 1. The van der Waals surface area contributed by atoms with Crippen LogP contribution in [0.4, 0.5) is 11.5 Å². The summed E-state index contributed by atoms with van der Waals surface area (Å²) in [7, 11) is 0. The van der Waals surface area contributed by atoms with Crippen LogP contribution in [0.3, 0.4) is 0 Å². The molecule has 0 saturated heterocycles. The van der Waals surface area contributed by atoms with Crippen LogP contribution in [0.15, 0.2) is 49.1 Å². The van der Waals surface area contributed by atoms with Gasteiger partial charge in [-0.05, 0) is 18.2 Å². The zero-order valence-corrected chi connectivity index (χ0v) is 17.4. The molecule has 0 aromatic carbocycles. The van der Waals surface area contributed by atoms with E-state index < -0.39 is 0 Å². The fourth-order valence-corrected chi connectivity index (χ4v) is 4.09. The van der Waals surface area contributed by atoms with Gasteiger partial charge in [-0.2, -0.15) is 5.26 Å². The fourth-order valence-electron chi connectivity index (χ4n) is 4.09. The lowest BCUT2D eigenvalue weighted by Gasteiger charge is -2.35. The number of aromatic nitrogens is 5. The molecule has 33 heavy (non-hydrogen) atoms. The average molecular weight is 438 g/mol. The van der Waals surface area contributed by atoms with Gasteiger partial charge in [0.25, 0.3) is 0 Å². The van der Waals surface area contributed by atoms with Gasteiger partial charge in [0.1, 0.15) is 23.6 Å². The highest BCUT2D eigenvalue weighted by Gasteiger charge is 2.33. The minimum absolute atomic E-state index is 0.0202. The van der Waals surface area contributed by atoms with Crippen molar-refractivity contribution in [2.75, 3.05) is 10.6 Å². The monoisotopic (exact) mass is 438 g/mol. The Kier molecular flexibility index (Phi) is 4.40. The molecule has 2 aliphatic rings. The molecule has 1 fully saturated rings. The average Bonchev–Trinajstić information content (AvgIpc) is 3.38. The van der Waals surface area contributed by atoms with Crippen LogP contribution in [0.1, 0.15) is 24.4 Å². The zero-order chi connectivity index (χ0) is 22.4. The lowest BCUT2D eigenvalue weighted by molar-refractivity contribution is -0.115. The molecule has 0 unspecified atom stereocenters. The van der Waals surface area contributed by atoms with E-state index in [1.165, 1.54) is 0 Å². The highest BCUT2D eigenvalue weighted by molar-refractivity contribution is 5.99. The number of anilines is 2. The summed E-state index contributed by atoms with van der Waals surface area (Å²) >= 11 is 0. The summed E-state index contributed by atoms with van der Waals surface area (Å²) in [6.07, 6.45) is 8.86. The summed E-state index contributed by atoms with van der Waals surface area (Å²) in [4.78, 5) is 29.1. The maximum absolute atomic E-state index is 11.8. The number of fused-ring (bicyclic) bond motifs is 2. The summed E-state index contributed by atoms with van der Waals surface area (Å²) < 4.78 is 8.22. The van der Waals surface area contributed by atoms with Crippen LogP contribution in [0, 0.1) is 11.3 Å². The van der Waals surface area contributed by atoms with Gasteiger partial charge in [0, 0.05) is 48.6 Å². The number of rotatable bonds is 5. The molecule has 5 heterocycles. The highest BCUT2D eigenvalue weighted by Crippen LogP contribution is 2.37. The molecule has 4 aromatic rings. The quantitative estimate of drug-likeness (QED) is 0.486. The van der Waals surface area contributed by atoms with E-state index in [9.17, 15) is 4.79 Å². The van der Waals surface area contributed by atoms with Gasteiger partial charge < -0.3 is 19.8 Å². The first-order valence-electron chi connectivity index (χ1n) is 10.6. The summed E-state index contributed by atoms with van der Waals surface area (Å²) in [6, 6.07) is 9.88. The van der Waals surface area contributed by atoms with Gasteiger partial charge in [-0.15, -0.1) is 0 Å². The summed E-state index contributed by atoms with van der Waals surface area (Å²) in [5.41, 5.74) is 3.56. The fraction of sp³-hybridized carbons (Fsp3) is 0.217. The number of hydrogen-bond donors (Lipinski definition) is 2. The molecule has 0 bridgehead atoms. The third-order valence-electron chi connectivity index (χ3n) is 5.82. The van der Waals surface area contributed by atoms with E-state index in [2.05, 4.69) is 30.6 Å². The minimum atomic E-state index is -0.1000. The van der Waals surface area contributed by atoms with Gasteiger partial charge in [0.2, 0.25) is 17.6 Å². The predicted molar refractivity (Wildman–Crippen MR) is 119 cm³/mol.